The average Bonchev–Trinajstić information content (AvgIpc) is 2.41. The van der Waals surface area contributed by atoms with Crippen molar-refractivity contribution < 1.29 is 0 Å². The molecule has 0 saturated carbocycles. The summed E-state index contributed by atoms with van der Waals surface area (Å²) in [7, 11) is 0. The minimum absolute atomic E-state index is 1.12. The zero-order chi connectivity index (χ0) is 7.23. The van der Waals surface area contributed by atoms with Crippen molar-refractivity contribution in [2.45, 2.75) is 19.3 Å². The van der Waals surface area contributed by atoms with Crippen LogP contribution in [0.3, 0.4) is 0 Å². The molecule has 0 unspecified atom stereocenters. The van der Waals surface area contributed by atoms with Crippen LogP contribution in [0.15, 0.2) is 11.7 Å². The van der Waals surface area contributed by atoms with Crippen molar-refractivity contribution in [3.05, 3.63) is 16.6 Å². The minimum atomic E-state index is 1.12. The fourth-order valence-corrected chi connectivity index (χ4v) is 1.80. The summed E-state index contributed by atoms with van der Waals surface area (Å²) in [4.78, 5) is 5.41. The second-order valence-corrected chi connectivity index (χ2v) is 3.88. The van der Waals surface area contributed by atoms with Crippen LogP contribution in [-0.4, -0.2) is 10.3 Å². The predicted octanol–water partition coefficient (Wildman–Crippen LogP) is 2.86. The molecular formula is C7H10BrNS. The van der Waals surface area contributed by atoms with Gasteiger partial charge in [-0.15, -0.1) is 11.3 Å². The summed E-state index contributed by atoms with van der Waals surface area (Å²) < 4.78 is 0. The Bertz CT molecular complexity index is 162. The number of hydrogen-bond donors (Lipinski definition) is 0. The normalized spacial score (nSPS) is 10.1. The molecule has 0 fully saturated rings. The van der Waals surface area contributed by atoms with Gasteiger partial charge >= 0.3 is 0 Å². The summed E-state index contributed by atoms with van der Waals surface area (Å²) >= 11 is 5.15. The number of halogens is 1. The molecule has 56 valence electrons. The SMILES string of the molecule is BrCCCCc1cncs1. The van der Waals surface area contributed by atoms with E-state index in [9.17, 15) is 0 Å². The number of aryl methyl sites for hydroxylation is 1. The molecular weight excluding hydrogens is 210 g/mol. The van der Waals surface area contributed by atoms with Crippen LogP contribution in [-0.2, 0) is 6.42 Å². The molecule has 1 heterocycles. The van der Waals surface area contributed by atoms with Crippen LogP contribution in [0.4, 0.5) is 0 Å². The van der Waals surface area contributed by atoms with Crippen molar-refractivity contribution in [2.75, 3.05) is 5.33 Å². The van der Waals surface area contributed by atoms with Crippen LogP contribution in [0.2, 0.25) is 0 Å². The van der Waals surface area contributed by atoms with Crippen LogP contribution >= 0.6 is 27.3 Å². The van der Waals surface area contributed by atoms with Gasteiger partial charge < -0.3 is 0 Å². The van der Waals surface area contributed by atoms with Crippen molar-refractivity contribution in [2.24, 2.45) is 0 Å². The molecule has 1 aromatic heterocycles. The van der Waals surface area contributed by atoms with Crippen LogP contribution in [0, 0.1) is 0 Å². The summed E-state index contributed by atoms with van der Waals surface area (Å²) in [6.45, 7) is 0. The molecule has 0 atom stereocenters. The first-order chi connectivity index (χ1) is 4.93. The Hall–Kier alpha value is 0.110. The molecule has 1 rings (SSSR count). The Morgan fingerprint density at radius 3 is 3.00 bits per heavy atom. The average molecular weight is 220 g/mol. The molecule has 1 aromatic rings. The third kappa shape index (κ3) is 2.80. The van der Waals surface area contributed by atoms with Gasteiger partial charge in [0.2, 0.25) is 0 Å². The van der Waals surface area contributed by atoms with E-state index in [1.165, 1.54) is 24.1 Å². The number of hydrogen-bond acceptors (Lipinski definition) is 2. The molecule has 0 spiro atoms. The number of alkyl halides is 1. The number of thiazole rings is 1. The van der Waals surface area contributed by atoms with Gasteiger partial charge in [0.15, 0.2) is 0 Å². The third-order valence-electron chi connectivity index (χ3n) is 1.29. The van der Waals surface area contributed by atoms with Gasteiger partial charge in [-0.25, -0.2) is 0 Å². The molecule has 0 aliphatic heterocycles. The van der Waals surface area contributed by atoms with E-state index in [0.717, 1.165) is 5.33 Å². The zero-order valence-electron chi connectivity index (χ0n) is 5.72. The van der Waals surface area contributed by atoms with Crippen LogP contribution in [0.1, 0.15) is 17.7 Å². The van der Waals surface area contributed by atoms with E-state index in [2.05, 4.69) is 20.9 Å². The van der Waals surface area contributed by atoms with E-state index in [4.69, 9.17) is 0 Å². The maximum atomic E-state index is 4.01. The molecule has 0 aromatic carbocycles. The monoisotopic (exact) mass is 219 g/mol. The Balaban J connectivity index is 2.15. The van der Waals surface area contributed by atoms with Crippen molar-refractivity contribution in [3.8, 4) is 0 Å². The second-order valence-electron chi connectivity index (χ2n) is 2.11. The maximum absolute atomic E-state index is 4.01. The summed E-state index contributed by atoms with van der Waals surface area (Å²) in [6.07, 6.45) is 5.68. The Labute approximate surface area is 73.6 Å². The van der Waals surface area contributed by atoms with Crippen molar-refractivity contribution in [1.82, 2.24) is 4.98 Å². The van der Waals surface area contributed by atoms with E-state index in [-0.39, 0.29) is 0 Å². The van der Waals surface area contributed by atoms with Crippen molar-refractivity contribution >= 4 is 27.3 Å². The van der Waals surface area contributed by atoms with Gasteiger partial charge in [0.1, 0.15) is 0 Å². The summed E-state index contributed by atoms with van der Waals surface area (Å²) in [5.74, 6) is 0. The van der Waals surface area contributed by atoms with Crippen LogP contribution in [0.25, 0.3) is 0 Å². The lowest BCUT2D eigenvalue weighted by Gasteiger charge is -1.92. The molecule has 0 aliphatic carbocycles. The summed E-state index contributed by atoms with van der Waals surface area (Å²) in [5.41, 5.74) is 1.89. The number of rotatable bonds is 4. The van der Waals surface area contributed by atoms with E-state index in [1.807, 2.05) is 11.7 Å². The smallest absolute Gasteiger partial charge is 0.0794 e. The molecule has 0 amide bonds. The fraction of sp³-hybridized carbons (Fsp3) is 0.571. The first kappa shape index (κ1) is 8.21. The lowest BCUT2D eigenvalue weighted by molar-refractivity contribution is 0.814. The molecule has 0 aliphatic rings. The molecule has 0 saturated heterocycles. The fourth-order valence-electron chi connectivity index (χ4n) is 0.759. The minimum Gasteiger partial charge on any atom is -0.253 e. The maximum Gasteiger partial charge on any atom is 0.0794 e. The Morgan fingerprint density at radius 1 is 1.50 bits per heavy atom. The topological polar surface area (TPSA) is 12.9 Å². The lowest BCUT2D eigenvalue weighted by Crippen LogP contribution is -1.80. The van der Waals surface area contributed by atoms with Crippen LogP contribution in [0.5, 0.6) is 0 Å². The first-order valence-electron chi connectivity index (χ1n) is 3.37. The largest absolute Gasteiger partial charge is 0.253 e. The highest BCUT2D eigenvalue weighted by Crippen LogP contribution is 2.09. The van der Waals surface area contributed by atoms with Crippen molar-refractivity contribution in [3.63, 3.8) is 0 Å². The quantitative estimate of drug-likeness (QED) is 0.561. The second kappa shape index (κ2) is 4.85. The van der Waals surface area contributed by atoms with Gasteiger partial charge in [-0.1, -0.05) is 15.9 Å². The highest BCUT2D eigenvalue weighted by molar-refractivity contribution is 9.09. The van der Waals surface area contributed by atoms with Gasteiger partial charge in [-0.05, 0) is 19.3 Å². The number of nitrogens with zero attached hydrogens (tertiary/aromatic N) is 1. The van der Waals surface area contributed by atoms with Gasteiger partial charge in [-0.3, -0.25) is 4.98 Å². The first-order valence-corrected chi connectivity index (χ1v) is 5.37. The predicted molar refractivity (Wildman–Crippen MR) is 48.8 cm³/mol. The molecule has 3 heteroatoms. The zero-order valence-corrected chi connectivity index (χ0v) is 8.12. The third-order valence-corrected chi connectivity index (χ3v) is 2.69. The Morgan fingerprint density at radius 2 is 2.40 bits per heavy atom. The van der Waals surface area contributed by atoms with Gasteiger partial charge in [-0.2, -0.15) is 0 Å². The molecule has 1 nitrogen and oxygen atoms in total. The van der Waals surface area contributed by atoms with Gasteiger partial charge in [0, 0.05) is 16.4 Å². The highest BCUT2D eigenvalue weighted by atomic mass is 79.9. The van der Waals surface area contributed by atoms with Crippen LogP contribution < -0.4 is 0 Å². The molecule has 0 N–H and O–H groups in total. The van der Waals surface area contributed by atoms with Gasteiger partial charge in [0.25, 0.3) is 0 Å². The highest BCUT2D eigenvalue weighted by Gasteiger charge is 1.92. The van der Waals surface area contributed by atoms with Gasteiger partial charge in [0.05, 0.1) is 5.51 Å². The summed E-state index contributed by atoms with van der Waals surface area (Å²) in [6, 6.07) is 0. The van der Waals surface area contributed by atoms with Crippen molar-refractivity contribution in [1.29, 1.82) is 0 Å². The molecule has 0 bridgehead atoms. The van der Waals surface area contributed by atoms with E-state index < -0.39 is 0 Å². The standard InChI is InChI=1S/C7H10BrNS/c8-4-2-1-3-7-5-9-6-10-7/h5-6H,1-4H2. The Kier molecular flexibility index (Phi) is 3.98. The summed E-state index contributed by atoms with van der Waals surface area (Å²) in [5, 5.41) is 1.12. The number of aromatic nitrogens is 1. The lowest BCUT2D eigenvalue weighted by atomic mass is 10.2. The number of unbranched alkanes of at least 4 members (excludes halogenated alkanes) is 1. The van der Waals surface area contributed by atoms with E-state index >= 15 is 0 Å². The molecule has 10 heavy (non-hydrogen) atoms. The van der Waals surface area contributed by atoms with E-state index in [1.54, 1.807) is 11.3 Å². The molecule has 0 radical (unpaired) electrons. The van der Waals surface area contributed by atoms with E-state index in [0.29, 0.717) is 0 Å².